The molecule has 2 aromatic rings. The van der Waals surface area contributed by atoms with Crippen LogP contribution in [0.2, 0.25) is 5.15 Å². The molecule has 0 spiro atoms. The number of nitrogens with one attached hydrogen (secondary N) is 1. The zero-order valence-corrected chi connectivity index (χ0v) is 13.4. The first kappa shape index (κ1) is 14.4. The Morgan fingerprint density at radius 2 is 1.86 bits per heavy atom. The van der Waals surface area contributed by atoms with Crippen LogP contribution in [0.4, 0.5) is 5.69 Å². The van der Waals surface area contributed by atoms with E-state index in [1.165, 1.54) is 42.4 Å². The van der Waals surface area contributed by atoms with E-state index in [2.05, 4.69) is 35.4 Å². The smallest absolute Gasteiger partial charge is 0.129 e. The number of hydrogen-bond donors (Lipinski definition) is 1. The highest BCUT2D eigenvalue weighted by Gasteiger charge is 2.13. The molecule has 1 N–H and O–H groups in total. The maximum atomic E-state index is 5.91. The molecule has 0 bridgehead atoms. The Morgan fingerprint density at radius 3 is 2.62 bits per heavy atom. The number of nitrogens with zero attached hydrogens (tertiary/aromatic N) is 1. The van der Waals surface area contributed by atoms with Crippen molar-refractivity contribution in [3.63, 3.8) is 0 Å². The third-order valence-electron chi connectivity index (χ3n) is 4.30. The number of anilines is 1. The first-order valence-corrected chi connectivity index (χ1v) is 8.02. The van der Waals surface area contributed by atoms with E-state index in [1.54, 1.807) is 0 Å². The van der Waals surface area contributed by atoms with E-state index in [9.17, 15) is 0 Å². The van der Waals surface area contributed by atoms with Crippen LogP contribution in [0.1, 0.15) is 48.2 Å². The molecule has 1 aromatic carbocycles. The van der Waals surface area contributed by atoms with Gasteiger partial charge in [-0.3, -0.25) is 0 Å². The van der Waals surface area contributed by atoms with Crippen LogP contribution in [-0.2, 0) is 12.8 Å². The third-order valence-corrected chi connectivity index (χ3v) is 4.51. The molecule has 0 saturated heterocycles. The van der Waals surface area contributed by atoms with Gasteiger partial charge < -0.3 is 5.32 Å². The van der Waals surface area contributed by atoms with Gasteiger partial charge in [0.25, 0.3) is 0 Å². The van der Waals surface area contributed by atoms with Gasteiger partial charge in [-0.25, -0.2) is 4.98 Å². The molecule has 0 fully saturated rings. The van der Waals surface area contributed by atoms with Crippen molar-refractivity contribution in [3.8, 4) is 0 Å². The lowest BCUT2D eigenvalue weighted by Gasteiger charge is -2.21. The molecular weight excluding hydrogens is 280 g/mol. The van der Waals surface area contributed by atoms with Crippen LogP contribution in [0.15, 0.2) is 30.3 Å². The predicted octanol–water partition coefficient (Wildman–Crippen LogP) is 5.10. The lowest BCUT2D eigenvalue weighted by atomic mass is 9.89. The molecule has 1 aliphatic rings. The van der Waals surface area contributed by atoms with Crippen molar-refractivity contribution in [1.82, 2.24) is 4.98 Å². The number of fused-ring (bicyclic) bond motifs is 1. The van der Waals surface area contributed by atoms with Crippen molar-refractivity contribution in [2.24, 2.45) is 0 Å². The summed E-state index contributed by atoms with van der Waals surface area (Å²) in [7, 11) is 0. The lowest BCUT2D eigenvalue weighted by Crippen LogP contribution is -2.10. The van der Waals surface area contributed by atoms with E-state index in [4.69, 9.17) is 11.6 Å². The number of rotatable bonds is 3. The Morgan fingerprint density at radius 1 is 1.10 bits per heavy atom. The molecule has 1 atom stereocenters. The summed E-state index contributed by atoms with van der Waals surface area (Å²) in [5, 5.41) is 4.08. The first-order valence-electron chi connectivity index (χ1n) is 7.65. The van der Waals surface area contributed by atoms with E-state index in [0.717, 1.165) is 11.4 Å². The van der Waals surface area contributed by atoms with Gasteiger partial charge >= 0.3 is 0 Å². The Labute approximate surface area is 131 Å². The Bertz CT molecular complexity index is 652. The van der Waals surface area contributed by atoms with Gasteiger partial charge in [0, 0.05) is 6.04 Å². The fourth-order valence-corrected chi connectivity index (χ4v) is 3.21. The Kier molecular flexibility index (Phi) is 4.16. The largest absolute Gasteiger partial charge is 0.377 e. The zero-order chi connectivity index (χ0) is 14.8. The van der Waals surface area contributed by atoms with Crippen LogP contribution < -0.4 is 5.32 Å². The minimum absolute atomic E-state index is 0.263. The van der Waals surface area contributed by atoms with Crippen LogP contribution in [0.5, 0.6) is 0 Å². The average Bonchev–Trinajstić information content (AvgIpc) is 2.49. The summed E-state index contributed by atoms with van der Waals surface area (Å²) < 4.78 is 0. The maximum Gasteiger partial charge on any atom is 0.129 e. The molecule has 0 saturated carbocycles. The van der Waals surface area contributed by atoms with Crippen molar-refractivity contribution in [2.75, 3.05) is 5.32 Å². The van der Waals surface area contributed by atoms with Gasteiger partial charge in [-0.15, -0.1) is 0 Å². The van der Waals surface area contributed by atoms with Gasteiger partial charge in [0.2, 0.25) is 0 Å². The van der Waals surface area contributed by atoms with Crippen molar-refractivity contribution in [1.29, 1.82) is 0 Å². The average molecular weight is 301 g/mol. The highest BCUT2D eigenvalue weighted by molar-refractivity contribution is 6.29. The number of aryl methyl sites for hydroxylation is 3. The molecule has 1 aromatic heterocycles. The SMILES string of the molecule is Cc1nc(Cl)ccc1NC(C)c1ccc2c(c1)CCCC2. The minimum atomic E-state index is 0.263. The van der Waals surface area contributed by atoms with Crippen LogP contribution in [-0.4, -0.2) is 4.98 Å². The zero-order valence-electron chi connectivity index (χ0n) is 12.6. The summed E-state index contributed by atoms with van der Waals surface area (Å²) in [5.74, 6) is 0. The van der Waals surface area contributed by atoms with Gasteiger partial charge in [-0.2, -0.15) is 0 Å². The number of hydrogen-bond acceptors (Lipinski definition) is 2. The molecule has 110 valence electrons. The molecular formula is C18H21ClN2. The molecule has 1 aliphatic carbocycles. The van der Waals surface area contributed by atoms with Gasteiger partial charge in [0.1, 0.15) is 5.15 Å². The van der Waals surface area contributed by atoms with E-state index in [-0.39, 0.29) is 6.04 Å². The first-order chi connectivity index (χ1) is 10.1. The quantitative estimate of drug-likeness (QED) is 0.798. The molecule has 3 heteroatoms. The number of benzene rings is 1. The van der Waals surface area contributed by atoms with E-state index < -0.39 is 0 Å². The summed E-state index contributed by atoms with van der Waals surface area (Å²) in [4.78, 5) is 4.29. The molecule has 0 aliphatic heterocycles. The molecule has 1 heterocycles. The van der Waals surface area contributed by atoms with Gasteiger partial charge in [-0.05, 0) is 68.4 Å². The van der Waals surface area contributed by atoms with E-state index in [0.29, 0.717) is 5.15 Å². The van der Waals surface area contributed by atoms with E-state index in [1.807, 2.05) is 19.1 Å². The fraction of sp³-hybridized carbons (Fsp3) is 0.389. The summed E-state index contributed by atoms with van der Waals surface area (Å²) in [6, 6.07) is 11.0. The number of pyridine rings is 1. The molecule has 0 radical (unpaired) electrons. The fourth-order valence-electron chi connectivity index (χ4n) is 3.02. The maximum absolute atomic E-state index is 5.91. The minimum Gasteiger partial charge on any atom is -0.377 e. The van der Waals surface area contributed by atoms with Gasteiger partial charge in [-0.1, -0.05) is 29.8 Å². The highest BCUT2D eigenvalue weighted by Crippen LogP contribution is 2.27. The van der Waals surface area contributed by atoms with Crippen LogP contribution >= 0.6 is 11.6 Å². The monoisotopic (exact) mass is 300 g/mol. The van der Waals surface area contributed by atoms with Crippen molar-refractivity contribution in [3.05, 3.63) is 57.9 Å². The molecule has 2 nitrogen and oxygen atoms in total. The third kappa shape index (κ3) is 3.21. The van der Waals surface area contributed by atoms with Crippen LogP contribution in [0, 0.1) is 6.92 Å². The normalized spacial score (nSPS) is 15.4. The molecule has 21 heavy (non-hydrogen) atoms. The molecule has 1 unspecified atom stereocenters. The summed E-state index contributed by atoms with van der Waals surface area (Å²) in [6.07, 6.45) is 5.10. The number of aromatic nitrogens is 1. The van der Waals surface area contributed by atoms with Crippen LogP contribution in [0.3, 0.4) is 0 Å². The highest BCUT2D eigenvalue weighted by atomic mass is 35.5. The van der Waals surface area contributed by atoms with E-state index >= 15 is 0 Å². The molecule has 3 rings (SSSR count). The summed E-state index contributed by atoms with van der Waals surface area (Å²) in [5.41, 5.74) is 6.38. The Hall–Kier alpha value is -1.54. The van der Waals surface area contributed by atoms with Crippen molar-refractivity contribution >= 4 is 17.3 Å². The second kappa shape index (κ2) is 6.07. The second-order valence-electron chi connectivity index (χ2n) is 5.87. The summed E-state index contributed by atoms with van der Waals surface area (Å²) >= 11 is 5.91. The Balaban J connectivity index is 1.80. The van der Waals surface area contributed by atoms with Crippen molar-refractivity contribution in [2.45, 2.75) is 45.6 Å². The lowest BCUT2D eigenvalue weighted by molar-refractivity contribution is 0.683. The van der Waals surface area contributed by atoms with Crippen molar-refractivity contribution < 1.29 is 0 Å². The number of halogens is 1. The molecule has 0 amide bonds. The summed E-state index contributed by atoms with van der Waals surface area (Å²) in [6.45, 7) is 4.17. The standard InChI is InChI=1S/C18H21ClN2/c1-12(20-17-9-10-18(19)21-13(17)2)15-8-7-14-5-3-4-6-16(14)11-15/h7-12,20H,3-6H2,1-2H3. The topological polar surface area (TPSA) is 24.9 Å². The van der Waals surface area contributed by atoms with Gasteiger partial charge in [0.05, 0.1) is 11.4 Å². The van der Waals surface area contributed by atoms with Gasteiger partial charge in [0.15, 0.2) is 0 Å². The predicted molar refractivity (Wildman–Crippen MR) is 89.1 cm³/mol. The second-order valence-corrected chi connectivity index (χ2v) is 6.26. The van der Waals surface area contributed by atoms with Crippen LogP contribution in [0.25, 0.3) is 0 Å².